The molecule has 3 aromatic rings. The number of hydrogen-bond acceptors (Lipinski definition) is 6. The number of pyridine rings is 1. The zero-order valence-electron chi connectivity index (χ0n) is 17.0. The summed E-state index contributed by atoms with van der Waals surface area (Å²) >= 11 is 0. The smallest absolute Gasteiger partial charge is 0.245 e. The van der Waals surface area contributed by atoms with Gasteiger partial charge in [-0.3, -0.25) is 9.78 Å². The van der Waals surface area contributed by atoms with Crippen molar-refractivity contribution >= 4 is 11.6 Å². The fraction of sp³-hybridized carbons (Fsp3) is 0.250. The van der Waals surface area contributed by atoms with Gasteiger partial charge in [-0.05, 0) is 24.3 Å². The van der Waals surface area contributed by atoms with Gasteiger partial charge in [0.05, 0.1) is 5.69 Å². The monoisotopic (exact) mass is 416 g/mol. The number of aromatic nitrogens is 1. The molecule has 7 heteroatoms. The molecule has 3 aliphatic heterocycles. The van der Waals surface area contributed by atoms with E-state index in [9.17, 15) is 4.79 Å². The predicted octanol–water partition coefficient (Wildman–Crippen LogP) is 3.09. The van der Waals surface area contributed by atoms with Crippen molar-refractivity contribution in [1.82, 2.24) is 4.98 Å². The van der Waals surface area contributed by atoms with E-state index < -0.39 is 5.41 Å². The molecule has 156 valence electrons. The number of carbonyl (C=O) groups is 1. The van der Waals surface area contributed by atoms with E-state index in [4.69, 9.17) is 18.9 Å². The van der Waals surface area contributed by atoms with Gasteiger partial charge in [0.2, 0.25) is 5.91 Å². The zero-order chi connectivity index (χ0) is 21.0. The maximum atomic E-state index is 13.7. The third-order valence-electron chi connectivity index (χ3n) is 6.13. The van der Waals surface area contributed by atoms with Gasteiger partial charge < -0.3 is 23.8 Å². The molecule has 0 bridgehead atoms. The van der Waals surface area contributed by atoms with Crippen molar-refractivity contribution in [1.29, 1.82) is 0 Å². The number of hydrogen-bond donors (Lipinski definition) is 0. The van der Waals surface area contributed by atoms with Crippen molar-refractivity contribution < 1.29 is 23.7 Å². The molecule has 1 atom stereocenters. The van der Waals surface area contributed by atoms with Crippen molar-refractivity contribution in [3.05, 3.63) is 71.5 Å². The molecule has 2 aromatic carbocycles. The van der Waals surface area contributed by atoms with E-state index in [0.717, 1.165) is 22.4 Å². The van der Waals surface area contributed by atoms with Crippen LogP contribution in [0.15, 0.2) is 54.9 Å². The van der Waals surface area contributed by atoms with Gasteiger partial charge in [0.25, 0.3) is 0 Å². The van der Waals surface area contributed by atoms with Gasteiger partial charge in [-0.1, -0.05) is 12.1 Å². The second-order valence-electron chi connectivity index (χ2n) is 7.85. The molecule has 0 saturated heterocycles. The first-order chi connectivity index (χ1) is 15.2. The first-order valence-corrected chi connectivity index (χ1v) is 10.2. The molecule has 1 spiro atoms. The molecule has 31 heavy (non-hydrogen) atoms. The van der Waals surface area contributed by atoms with Crippen LogP contribution in [0, 0.1) is 0 Å². The van der Waals surface area contributed by atoms with Crippen LogP contribution < -0.4 is 23.8 Å². The summed E-state index contributed by atoms with van der Waals surface area (Å²) in [6.07, 6.45) is 3.50. The second kappa shape index (κ2) is 6.63. The van der Waals surface area contributed by atoms with Gasteiger partial charge in [-0.2, -0.15) is 0 Å². The Morgan fingerprint density at radius 2 is 1.90 bits per heavy atom. The average Bonchev–Trinajstić information content (AvgIpc) is 3.29. The van der Waals surface area contributed by atoms with Gasteiger partial charge in [0, 0.05) is 42.2 Å². The normalized spacial score (nSPS) is 20.4. The van der Waals surface area contributed by atoms with Gasteiger partial charge >= 0.3 is 0 Å². The number of ether oxygens (including phenoxy) is 4. The minimum Gasteiger partial charge on any atom is -0.491 e. The van der Waals surface area contributed by atoms with E-state index in [2.05, 4.69) is 4.98 Å². The Hall–Kier alpha value is -3.74. The van der Waals surface area contributed by atoms with Crippen molar-refractivity contribution in [3.63, 3.8) is 0 Å². The Balaban J connectivity index is 1.49. The Morgan fingerprint density at radius 3 is 2.71 bits per heavy atom. The zero-order valence-corrected chi connectivity index (χ0v) is 17.0. The van der Waals surface area contributed by atoms with Crippen LogP contribution in [-0.4, -0.2) is 37.8 Å². The molecule has 0 fully saturated rings. The number of nitrogens with zero attached hydrogens (tertiary/aromatic N) is 2. The fourth-order valence-corrected chi connectivity index (χ4v) is 4.67. The van der Waals surface area contributed by atoms with Gasteiger partial charge in [0.1, 0.15) is 43.3 Å². The van der Waals surface area contributed by atoms with Gasteiger partial charge in [-0.15, -0.1) is 0 Å². The Labute approximate surface area is 179 Å². The summed E-state index contributed by atoms with van der Waals surface area (Å²) in [4.78, 5) is 19.5. The van der Waals surface area contributed by atoms with Crippen molar-refractivity contribution in [3.8, 4) is 23.0 Å². The molecule has 6 rings (SSSR count). The van der Waals surface area contributed by atoms with Crippen LogP contribution in [-0.2, 0) is 16.8 Å². The van der Waals surface area contributed by atoms with Gasteiger partial charge in [-0.25, -0.2) is 0 Å². The van der Waals surface area contributed by atoms with Crippen LogP contribution in [0.25, 0.3) is 0 Å². The van der Waals surface area contributed by atoms with Crippen molar-refractivity contribution in [2.45, 2.75) is 12.0 Å². The lowest BCUT2D eigenvalue weighted by atomic mass is 9.76. The van der Waals surface area contributed by atoms with E-state index >= 15 is 0 Å². The first-order valence-electron chi connectivity index (χ1n) is 10.2. The van der Waals surface area contributed by atoms with Crippen molar-refractivity contribution in [2.75, 3.05) is 31.8 Å². The van der Waals surface area contributed by atoms with E-state index in [-0.39, 0.29) is 12.5 Å². The molecule has 4 heterocycles. The molecule has 0 saturated carbocycles. The van der Waals surface area contributed by atoms with Crippen LogP contribution >= 0.6 is 0 Å². The van der Waals surface area contributed by atoms with Gasteiger partial charge in [0.15, 0.2) is 11.5 Å². The molecular weight excluding hydrogens is 396 g/mol. The van der Waals surface area contributed by atoms with E-state index in [0.29, 0.717) is 42.8 Å². The number of likely N-dealkylation sites (N-methyl/N-ethyl adjacent to an activating group) is 1. The molecule has 0 aliphatic carbocycles. The Bertz CT molecular complexity index is 1200. The molecule has 1 unspecified atom stereocenters. The minimum atomic E-state index is -0.985. The number of carbonyl (C=O) groups excluding carboxylic acids is 1. The molecule has 0 radical (unpaired) electrons. The average molecular weight is 416 g/mol. The number of benzene rings is 2. The highest BCUT2D eigenvalue weighted by Crippen LogP contribution is 2.56. The fourth-order valence-electron chi connectivity index (χ4n) is 4.67. The number of rotatable bonds is 3. The van der Waals surface area contributed by atoms with Crippen LogP contribution in [0.1, 0.15) is 16.7 Å². The first kappa shape index (κ1) is 18.1. The van der Waals surface area contributed by atoms with Crippen LogP contribution in [0.4, 0.5) is 5.69 Å². The SMILES string of the molecule is CN1C(=O)C2(COc3cc4c(cc32)OCCO4)c2c(OCc3cccnc3)cccc21. The summed E-state index contributed by atoms with van der Waals surface area (Å²) in [6.45, 7) is 1.53. The summed E-state index contributed by atoms with van der Waals surface area (Å²) in [5, 5.41) is 0. The lowest BCUT2D eigenvalue weighted by Crippen LogP contribution is -2.41. The standard InChI is InChI=1S/C24H20N2O5/c1-26-17-5-2-6-18(30-13-15-4-3-7-25-12-15)22(17)24(23(26)27)14-31-19-11-21-20(10-16(19)24)28-8-9-29-21/h2-7,10-12H,8-9,13-14H2,1H3. The lowest BCUT2D eigenvalue weighted by molar-refractivity contribution is -0.121. The number of amides is 1. The molecule has 7 nitrogen and oxygen atoms in total. The molecule has 0 N–H and O–H groups in total. The third-order valence-corrected chi connectivity index (χ3v) is 6.13. The highest BCUT2D eigenvalue weighted by atomic mass is 16.6. The topological polar surface area (TPSA) is 70.1 Å². The predicted molar refractivity (Wildman–Crippen MR) is 112 cm³/mol. The van der Waals surface area contributed by atoms with Crippen LogP contribution in [0.2, 0.25) is 0 Å². The maximum absolute atomic E-state index is 13.7. The van der Waals surface area contributed by atoms with Crippen LogP contribution in [0.3, 0.4) is 0 Å². The minimum absolute atomic E-state index is 0.0460. The summed E-state index contributed by atoms with van der Waals surface area (Å²) in [6, 6.07) is 13.3. The number of fused-ring (bicyclic) bond motifs is 5. The Kier molecular flexibility index (Phi) is 3.86. The molecular formula is C24H20N2O5. The largest absolute Gasteiger partial charge is 0.491 e. The summed E-state index contributed by atoms with van der Waals surface area (Å²) in [5.74, 6) is 2.52. The van der Waals surface area contributed by atoms with E-state index in [1.165, 1.54) is 0 Å². The maximum Gasteiger partial charge on any atom is 0.245 e. The van der Waals surface area contributed by atoms with Crippen LogP contribution in [0.5, 0.6) is 23.0 Å². The lowest BCUT2D eigenvalue weighted by Gasteiger charge is -2.25. The summed E-state index contributed by atoms with van der Waals surface area (Å²) in [7, 11) is 1.79. The quantitative estimate of drug-likeness (QED) is 0.654. The molecule has 1 amide bonds. The van der Waals surface area contributed by atoms with E-state index in [1.54, 1.807) is 24.3 Å². The van der Waals surface area contributed by atoms with E-state index in [1.807, 2.05) is 42.5 Å². The van der Waals surface area contributed by atoms with Crippen molar-refractivity contribution in [2.24, 2.45) is 0 Å². The highest BCUT2D eigenvalue weighted by Gasteiger charge is 2.58. The summed E-state index contributed by atoms with van der Waals surface area (Å²) < 4.78 is 23.8. The second-order valence-corrected chi connectivity index (χ2v) is 7.85. The number of anilines is 1. The summed E-state index contributed by atoms with van der Waals surface area (Å²) in [5.41, 5.74) is 2.39. The highest BCUT2D eigenvalue weighted by molar-refractivity contribution is 6.12. The Morgan fingerprint density at radius 1 is 1.06 bits per heavy atom. The third kappa shape index (κ3) is 2.52. The molecule has 1 aromatic heterocycles. The molecule has 3 aliphatic rings.